The van der Waals surface area contributed by atoms with Gasteiger partial charge in [0.05, 0.1) is 25.6 Å². The molecule has 142 valence electrons. The first kappa shape index (κ1) is 17.9. The molecule has 0 saturated carbocycles. The second-order valence-electron chi connectivity index (χ2n) is 5.81. The number of nitrogens with zero attached hydrogens (tertiary/aromatic N) is 2. The fourth-order valence-electron chi connectivity index (χ4n) is 2.82. The summed E-state index contributed by atoms with van der Waals surface area (Å²) in [5, 5.41) is 0. The Morgan fingerprint density at radius 1 is 1.25 bits per heavy atom. The molecule has 9 heteroatoms. The third-order valence-electron chi connectivity index (χ3n) is 4.10. The first-order chi connectivity index (χ1) is 13.6. The Morgan fingerprint density at radius 3 is 2.89 bits per heavy atom. The highest BCUT2D eigenvalue weighted by molar-refractivity contribution is 7.17. The average Bonchev–Trinajstić information content (AvgIpc) is 3.37. The molecule has 0 fully saturated rings. The highest BCUT2D eigenvalue weighted by atomic mass is 32.1. The van der Waals surface area contributed by atoms with Gasteiger partial charge in [-0.05, 0) is 36.8 Å². The van der Waals surface area contributed by atoms with Crippen LogP contribution in [0, 0.1) is 0 Å². The number of nitrogens with one attached hydrogen (secondary N) is 2. The molecule has 0 unspecified atom stereocenters. The lowest BCUT2D eigenvalue weighted by Gasteiger charge is -2.11. The Hall–Kier alpha value is -3.46. The molecule has 0 spiro atoms. The number of esters is 1. The van der Waals surface area contributed by atoms with E-state index in [1.165, 1.54) is 24.8 Å². The Morgan fingerprint density at radius 2 is 2.11 bits per heavy atom. The third kappa shape index (κ3) is 3.16. The zero-order chi connectivity index (χ0) is 19.7. The molecule has 4 aromatic rings. The number of hydrogen-bond acceptors (Lipinski definition) is 7. The Bertz CT molecular complexity index is 1220. The van der Waals surface area contributed by atoms with Crippen LogP contribution in [0.3, 0.4) is 0 Å². The summed E-state index contributed by atoms with van der Waals surface area (Å²) in [7, 11) is 1.36. The van der Waals surface area contributed by atoms with Gasteiger partial charge in [-0.1, -0.05) is 6.07 Å². The van der Waals surface area contributed by atoms with E-state index in [4.69, 9.17) is 9.47 Å². The minimum absolute atomic E-state index is 0.257. The lowest BCUT2D eigenvalue weighted by Crippen LogP contribution is -2.10. The number of aromatic nitrogens is 4. The van der Waals surface area contributed by atoms with E-state index in [2.05, 4.69) is 19.9 Å². The van der Waals surface area contributed by atoms with Crippen molar-refractivity contribution in [3.8, 4) is 27.6 Å². The van der Waals surface area contributed by atoms with Crippen LogP contribution in [0.25, 0.3) is 33.0 Å². The summed E-state index contributed by atoms with van der Waals surface area (Å²) in [6.45, 7) is 2.33. The van der Waals surface area contributed by atoms with E-state index in [9.17, 15) is 9.59 Å². The third-order valence-corrected chi connectivity index (χ3v) is 5.22. The molecule has 4 rings (SSSR count). The second kappa shape index (κ2) is 7.28. The first-order valence-electron chi connectivity index (χ1n) is 8.50. The van der Waals surface area contributed by atoms with E-state index in [0.29, 0.717) is 34.3 Å². The lowest BCUT2D eigenvalue weighted by atomic mass is 10.1. The Kier molecular flexibility index (Phi) is 4.66. The van der Waals surface area contributed by atoms with Crippen LogP contribution in [0.1, 0.15) is 16.6 Å². The molecule has 0 aliphatic heterocycles. The highest BCUT2D eigenvalue weighted by Gasteiger charge is 2.15. The smallest absolute Gasteiger partial charge is 0.348 e. The molecule has 0 saturated heterocycles. The molecule has 1 aromatic carbocycles. The number of ether oxygens (including phenoxy) is 2. The Labute approximate surface area is 163 Å². The number of carbonyl (C=O) groups is 1. The fraction of sp³-hybridized carbons (Fsp3) is 0.158. The van der Waals surface area contributed by atoms with Crippen molar-refractivity contribution in [1.82, 2.24) is 19.9 Å². The van der Waals surface area contributed by atoms with Gasteiger partial charge < -0.3 is 19.4 Å². The van der Waals surface area contributed by atoms with Crippen molar-refractivity contribution in [2.24, 2.45) is 0 Å². The minimum Gasteiger partial charge on any atom is -0.493 e. The fourth-order valence-corrected chi connectivity index (χ4v) is 3.74. The van der Waals surface area contributed by atoms with Crippen LogP contribution in [0.5, 0.6) is 5.75 Å². The number of imidazole rings is 1. The molecular weight excluding hydrogens is 380 g/mol. The molecular formula is C19H16N4O4S. The zero-order valence-electron chi connectivity index (χ0n) is 15.1. The highest BCUT2D eigenvalue weighted by Crippen LogP contribution is 2.35. The molecule has 0 amide bonds. The standard InChI is InChI=1S/C19H16N4O4S/c1-3-27-12-8-10(13-6-7-14(28-13)19(25)26-2)4-5-11(12)16-22-17-15(18(24)23-16)20-9-21-17/h4-9H,3H2,1-2H3,(H2,20,21,22,23,24). The van der Waals surface area contributed by atoms with Gasteiger partial charge in [-0.25, -0.2) is 14.8 Å². The molecule has 0 aliphatic rings. The number of methoxy groups -OCH3 is 1. The monoisotopic (exact) mass is 396 g/mol. The van der Waals surface area contributed by atoms with Gasteiger partial charge in [0.15, 0.2) is 11.2 Å². The molecule has 0 atom stereocenters. The normalized spacial score (nSPS) is 10.9. The molecule has 28 heavy (non-hydrogen) atoms. The number of aromatic amines is 2. The average molecular weight is 396 g/mol. The molecule has 3 heterocycles. The number of H-pyrrole nitrogens is 2. The summed E-state index contributed by atoms with van der Waals surface area (Å²) in [6.07, 6.45) is 1.43. The number of fused-ring (bicyclic) bond motifs is 1. The van der Waals surface area contributed by atoms with E-state index >= 15 is 0 Å². The van der Waals surface area contributed by atoms with Gasteiger partial charge >= 0.3 is 5.97 Å². The maximum absolute atomic E-state index is 12.2. The number of benzene rings is 1. The van der Waals surface area contributed by atoms with E-state index in [1.54, 1.807) is 6.07 Å². The largest absolute Gasteiger partial charge is 0.493 e. The second-order valence-corrected chi connectivity index (χ2v) is 6.90. The maximum Gasteiger partial charge on any atom is 0.348 e. The quantitative estimate of drug-likeness (QED) is 0.501. The van der Waals surface area contributed by atoms with Crippen LogP contribution in [0.15, 0.2) is 41.5 Å². The predicted octanol–water partition coefficient (Wildman–Crippen LogP) is 3.23. The SMILES string of the molecule is CCOc1cc(-c2ccc(C(=O)OC)s2)ccc1-c1nc2[nH]cnc2c(=O)[nH]1. The van der Waals surface area contributed by atoms with Crippen LogP contribution in [0.4, 0.5) is 0 Å². The number of rotatable bonds is 5. The van der Waals surface area contributed by atoms with E-state index in [-0.39, 0.29) is 17.0 Å². The van der Waals surface area contributed by atoms with Gasteiger partial charge in [0.25, 0.3) is 5.56 Å². The van der Waals surface area contributed by atoms with Crippen LogP contribution < -0.4 is 10.3 Å². The summed E-state index contributed by atoms with van der Waals surface area (Å²) in [5.74, 6) is 0.598. The number of carbonyl (C=O) groups excluding carboxylic acids is 1. The van der Waals surface area contributed by atoms with Crippen LogP contribution >= 0.6 is 11.3 Å². The molecule has 0 aliphatic carbocycles. The van der Waals surface area contributed by atoms with E-state index < -0.39 is 0 Å². The van der Waals surface area contributed by atoms with Gasteiger partial charge in [0, 0.05) is 4.88 Å². The summed E-state index contributed by atoms with van der Waals surface area (Å²) in [5.41, 5.74) is 1.88. The van der Waals surface area contributed by atoms with Crippen LogP contribution in [-0.4, -0.2) is 39.6 Å². The summed E-state index contributed by atoms with van der Waals surface area (Å²) < 4.78 is 10.5. The van der Waals surface area contributed by atoms with Gasteiger partial charge in [0.2, 0.25) is 0 Å². The summed E-state index contributed by atoms with van der Waals surface area (Å²) in [6, 6.07) is 9.17. The molecule has 8 nitrogen and oxygen atoms in total. The van der Waals surface area contributed by atoms with Crippen molar-refractivity contribution in [2.75, 3.05) is 13.7 Å². The number of thiophene rings is 1. The Balaban J connectivity index is 1.79. The zero-order valence-corrected chi connectivity index (χ0v) is 15.9. The maximum atomic E-state index is 12.2. The predicted molar refractivity (Wildman–Crippen MR) is 106 cm³/mol. The van der Waals surface area contributed by atoms with Crippen LogP contribution in [-0.2, 0) is 4.74 Å². The van der Waals surface area contributed by atoms with Crippen LogP contribution in [0.2, 0.25) is 0 Å². The molecule has 0 radical (unpaired) electrons. The minimum atomic E-state index is -0.368. The topological polar surface area (TPSA) is 110 Å². The van der Waals surface area contributed by atoms with Gasteiger partial charge in [-0.2, -0.15) is 0 Å². The van der Waals surface area contributed by atoms with Crippen molar-refractivity contribution in [1.29, 1.82) is 0 Å². The summed E-state index contributed by atoms with van der Waals surface area (Å²) >= 11 is 1.34. The van der Waals surface area contributed by atoms with Crippen molar-refractivity contribution < 1.29 is 14.3 Å². The van der Waals surface area contributed by atoms with E-state index in [0.717, 1.165) is 10.4 Å². The summed E-state index contributed by atoms with van der Waals surface area (Å²) in [4.78, 5) is 39.3. The van der Waals surface area contributed by atoms with Gasteiger partial charge in [0.1, 0.15) is 16.5 Å². The number of hydrogen-bond donors (Lipinski definition) is 2. The van der Waals surface area contributed by atoms with Gasteiger partial charge in [-0.3, -0.25) is 4.79 Å². The lowest BCUT2D eigenvalue weighted by molar-refractivity contribution is 0.0606. The van der Waals surface area contributed by atoms with E-state index in [1.807, 2.05) is 31.2 Å². The van der Waals surface area contributed by atoms with Crippen molar-refractivity contribution in [2.45, 2.75) is 6.92 Å². The molecule has 2 N–H and O–H groups in total. The van der Waals surface area contributed by atoms with Crippen molar-refractivity contribution in [3.63, 3.8) is 0 Å². The molecule has 3 aromatic heterocycles. The van der Waals surface area contributed by atoms with Crippen molar-refractivity contribution in [3.05, 3.63) is 51.9 Å². The van der Waals surface area contributed by atoms with Crippen molar-refractivity contribution >= 4 is 28.5 Å². The molecule has 0 bridgehead atoms. The first-order valence-corrected chi connectivity index (χ1v) is 9.31. The van der Waals surface area contributed by atoms with Gasteiger partial charge in [-0.15, -0.1) is 11.3 Å².